The maximum Gasteiger partial charge on any atom is 0.123 e. The molecule has 3 atom stereocenters. The lowest BCUT2D eigenvalue weighted by Crippen LogP contribution is -2.23. The Morgan fingerprint density at radius 2 is 2.24 bits per heavy atom. The molecule has 0 spiro atoms. The van der Waals surface area contributed by atoms with E-state index < -0.39 is 0 Å². The lowest BCUT2D eigenvalue weighted by atomic mass is 9.91. The lowest BCUT2D eigenvalue weighted by Gasteiger charge is -2.23. The highest BCUT2D eigenvalue weighted by Gasteiger charge is 2.22. The third-order valence-electron chi connectivity index (χ3n) is 3.80. The molecule has 0 aliphatic carbocycles. The quantitative estimate of drug-likeness (QED) is 0.861. The van der Waals surface area contributed by atoms with Crippen molar-refractivity contribution in [3.63, 3.8) is 0 Å². The molecule has 1 aliphatic heterocycles. The van der Waals surface area contributed by atoms with Gasteiger partial charge in [-0.3, -0.25) is 0 Å². The molecule has 0 aromatic heterocycles. The van der Waals surface area contributed by atoms with Gasteiger partial charge in [0.05, 0.1) is 0 Å². The molecular weight excluding hydrogens is 210 g/mol. The van der Waals surface area contributed by atoms with Crippen LogP contribution in [0.2, 0.25) is 0 Å². The van der Waals surface area contributed by atoms with E-state index in [2.05, 4.69) is 44.3 Å². The van der Waals surface area contributed by atoms with E-state index in [1.54, 1.807) is 0 Å². The van der Waals surface area contributed by atoms with Gasteiger partial charge in [-0.2, -0.15) is 0 Å². The molecule has 2 nitrogen and oxygen atoms in total. The number of nitrogens with one attached hydrogen (secondary N) is 1. The van der Waals surface area contributed by atoms with Gasteiger partial charge in [-0.25, -0.2) is 0 Å². The fourth-order valence-electron chi connectivity index (χ4n) is 2.65. The first-order valence-corrected chi connectivity index (χ1v) is 6.62. The van der Waals surface area contributed by atoms with E-state index in [1.807, 2.05) is 7.05 Å². The zero-order valence-electron chi connectivity index (χ0n) is 11.3. The van der Waals surface area contributed by atoms with Crippen LogP contribution in [-0.4, -0.2) is 13.2 Å². The zero-order valence-corrected chi connectivity index (χ0v) is 11.3. The van der Waals surface area contributed by atoms with Gasteiger partial charge in [0.1, 0.15) is 11.9 Å². The van der Waals surface area contributed by atoms with Crippen molar-refractivity contribution < 1.29 is 4.74 Å². The largest absolute Gasteiger partial charge is 0.490 e. The van der Waals surface area contributed by atoms with E-state index in [0.29, 0.717) is 18.1 Å². The highest BCUT2D eigenvalue weighted by atomic mass is 16.5. The van der Waals surface area contributed by atoms with E-state index in [0.717, 1.165) is 12.2 Å². The molecule has 1 aliphatic rings. The molecule has 2 rings (SSSR count). The maximum absolute atomic E-state index is 5.74. The number of hydrogen-bond acceptors (Lipinski definition) is 2. The Labute approximate surface area is 104 Å². The van der Waals surface area contributed by atoms with Crippen LogP contribution in [-0.2, 0) is 6.42 Å². The summed E-state index contributed by atoms with van der Waals surface area (Å²) in [6.45, 7) is 6.67. The van der Waals surface area contributed by atoms with Gasteiger partial charge in [0.15, 0.2) is 0 Å². The van der Waals surface area contributed by atoms with Crippen molar-refractivity contribution in [2.45, 2.75) is 45.8 Å². The molecule has 94 valence electrons. The van der Waals surface area contributed by atoms with Gasteiger partial charge in [0.25, 0.3) is 0 Å². The predicted octanol–water partition coefficient (Wildman–Crippen LogP) is 3.32. The fourth-order valence-corrected chi connectivity index (χ4v) is 2.65. The molecule has 2 heteroatoms. The second-order valence-corrected chi connectivity index (χ2v) is 5.15. The van der Waals surface area contributed by atoms with E-state index in [-0.39, 0.29) is 0 Å². The zero-order chi connectivity index (χ0) is 12.4. The average molecular weight is 233 g/mol. The molecule has 1 aromatic rings. The summed E-state index contributed by atoms with van der Waals surface area (Å²) in [6.07, 6.45) is 2.56. The minimum absolute atomic E-state index is 0.330. The van der Waals surface area contributed by atoms with Crippen LogP contribution in [0, 0.1) is 5.92 Å². The van der Waals surface area contributed by atoms with Crippen molar-refractivity contribution in [2.24, 2.45) is 5.92 Å². The maximum atomic E-state index is 5.74. The summed E-state index contributed by atoms with van der Waals surface area (Å²) < 4.78 is 5.74. The van der Waals surface area contributed by atoms with Crippen molar-refractivity contribution in [1.82, 2.24) is 5.32 Å². The Balaban J connectivity index is 2.25. The first-order chi connectivity index (χ1) is 8.15. The van der Waals surface area contributed by atoms with Gasteiger partial charge in [-0.15, -0.1) is 0 Å². The summed E-state index contributed by atoms with van der Waals surface area (Å²) in [5.41, 5.74) is 2.75. The van der Waals surface area contributed by atoms with Crippen LogP contribution < -0.4 is 10.1 Å². The van der Waals surface area contributed by atoms with Crippen molar-refractivity contribution in [3.05, 3.63) is 29.3 Å². The van der Waals surface area contributed by atoms with Crippen molar-refractivity contribution >= 4 is 0 Å². The predicted molar refractivity (Wildman–Crippen MR) is 71.5 cm³/mol. The number of ether oxygens (including phenoxy) is 1. The molecular formula is C15H23NO. The molecule has 0 radical (unpaired) electrons. The van der Waals surface area contributed by atoms with E-state index in [4.69, 9.17) is 4.74 Å². The van der Waals surface area contributed by atoms with Crippen LogP contribution in [0.4, 0.5) is 0 Å². The Kier molecular flexibility index (Phi) is 3.72. The summed E-state index contributed by atoms with van der Waals surface area (Å²) in [7, 11) is 2.04. The first-order valence-electron chi connectivity index (χ1n) is 6.62. The van der Waals surface area contributed by atoms with Gasteiger partial charge in [0.2, 0.25) is 0 Å². The van der Waals surface area contributed by atoms with Crippen LogP contribution in [0.15, 0.2) is 18.2 Å². The molecule has 1 N–H and O–H groups in total. The smallest absolute Gasteiger partial charge is 0.123 e. The van der Waals surface area contributed by atoms with Gasteiger partial charge in [0, 0.05) is 12.5 Å². The van der Waals surface area contributed by atoms with Gasteiger partial charge in [-0.05, 0) is 37.1 Å². The van der Waals surface area contributed by atoms with Crippen molar-refractivity contribution in [1.29, 1.82) is 0 Å². The van der Waals surface area contributed by atoms with E-state index in [1.165, 1.54) is 17.5 Å². The fraction of sp³-hybridized carbons (Fsp3) is 0.600. The van der Waals surface area contributed by atoms with Gasteiger partial charge in [-0.1, -0.05) is 32.4 Å². The lowest BCUT2D eigenvalue weighted by molar-refractivity contribution is 0.254. The van der Waals surface area contributed by atoms with E-state index in [9.17, 15) is 0 Å². The molecule has 0 fully saturated rings. The summed E-state index contributed by atoms with van der Waals surface area (Å²) in [5, 5.41) is 3.43. The monoisotopic (exact) mass is 233 g/mol. The molecule has 3 unspecified atom stereocenters. The molecule has 0 saturated heterocycles. The first kappa shape index (κ1) is 12.4. The van der Waals surface area contributed by atoms with Crippen LogP contribution in [0.1, 0.15) is 44.4 Å². The summed E-state index contributed by atoms with van der Waals surface area (Å²) in [6, 6.07) is 7.08. The van der Waals surface area contributed by atoms with Crippen molar-refractivity contribution in [2.75, 3.05) is 7.05 Å². The molecule has 0 amide bonds. The van der Waals surface area contributed by atoms with Crippen LogP contribution in [0.25, 0.3) is 0 Å². The Morgan fingerprint density at radius 3 is 2.88 bits per heavy atom. The third kappa shape index (κ3) is 2.47. The number of fused-ring (bicyclic) bond motifs is 1. The molecule has 17 heavy (non-hydrogen) atoms. The molecule has 1 heterocycles. The standard InChI is InChI=1S/C15H23NO/c1-5-10(2)15(16-4)12-6-7-14-13(9-12)8-11(3)17-14/h6-7,9-11,15-16H,5,8H2,1-4H3. The number of rotatable bonds is 4. The highest BCUT2D eigenvalue weighted by Crippen LogP contribution is 2.33. The average Bonchev–Trinajstić information content (AvgIpc) is 2.69. The minimum atomic E-state index is 0.330. The molecule has 1 aromatic carbocycles. The SMILES string of the molecule is CCC(C)C(NC)c1ccc2c(c1)CC(C)O2. The molecule has 0 saturated carbocycles. The molecule has 0 bridgehead atoms. The second kappa shape index (κ2) is 5.09. The van der Waals surface area contributed by atoms with Gasteiger partial charge < -0.3 is 10.1 Å². The Hall–Kier alpha value is -1.02. The Bertz CT molecular complexity index is 389. The minimum Gasteiger partial charge on any atom is -0.490 e. The summed E-state index contributed by atoms with van der Waals surface area (Å²) >= 11 is 0. The topological polar surface area (TPSA) is 21.3 Å². The highest BCUT2D eigenvalue weighted by molar-refractivity contribution is 5.41. The van der Waals surface area contributed by atoms with Crippen LogP contribution >= 0.6 is 0 Å². The van der Waals surface area contributed by atoms with Gasteiger partial charge >= 0.3 is 0 Å². The third-order valence-corrected chi connectivity index (χ3v) is 3.80. The normalized spacial score (nSPS) is 21.8. The summed E-state index contributed by atoms with van der Waals surface area (Å²) in [5.74, 6) is 1.72. The van der Waals surface area contributed by atoms with Crippen molar-refractivity contribution in [3.8, 4) is 5.75 Å². The Morgan fingerprint density at radius 1 is 1.47 bits per heavy atom. The van der Waals surface area contributed by atoms with Crippen LogP contribution in [0.5, 0.6) is 5.75 Å². The van der Waals surface area contributed by atoms with E-state index >= 15 is 0 Å². The number of benzene rings is 1. The second-order valence-electron chi connectivity index (χ2n) is 5.15. The summed E-state index contributed by atoms with van der Waals surface area (Å²) in [4.78, 5) is 0. The number of hydrogen-bond donors (Lipinski definition) is 1. The van der Waals surface area contributed by atoms with Crippen LogP contribution in [0.3, 0.4) is 0 Å².